The molecule has 0 spiro atoms. The lowest BCUT2D eigenvalue weighted by molar-refractivity contribution is 0.465. The standard InChI is InChI=1S/C12H8Cl2O2/c13-9-7-12(10(14)6-11(9)15)16-8-4-2-1-3-5-8/h1-7,15H. The maximum absolute atomic E-state index is 9.32. The second kappa shape index (κ2) is 4.64. The molecular formula is C12H8Cl2O2. The smallest absolute Gasteiger partial charge is 0.147 e. The summed E-state index contributed by atoms with van der Waals surface area (Å²) >= 11 is 11.7. The average Bonchev–Trinajstić information content (AvgIpc) is 2.27. The molecule has 0 bridgehead atoms. The van der Waals surface area contributed by atoms with E-state index in [1.807, 2.05) is 18.2 Å². The number of aromatic hydroxyl groups is 1. The molecule has 0 aliphatic rings. The number of ether oxygens (including phenoxy) is 1. The van der Waals surface area contributed by atoms with Crippen LogP contribution in [-0.4, -0.2) is 5.11 Å². The average molecular weight is 255 g/mol. The first-order valence-electron chi connectivity index (χ1n) is 4.58. The Morgan fingerprint density at radius 1 is 0.938 bits per heavy atom. The first kappa shape index (κ1) is 11.1. The van der Waals surface area contributed by atoms with Crippen LogP contribution in [0.15, 0.2) is 42.5 Å². The monoisotopic (exact) mass is 254 g/mol. The Morgan fingerprint density at radius 3 is 2.31 bits per heavy atom. The molecule has 4 heteroatoms. The highest BCUT2D eigenvalue weighted by Crippen LogP contribution is 2.36. The second-order valence-electron chi connectivity index (χ2n) is 3.15. The van der Waals surface area contributed by atoms with E-state index in [2.05, 4.69) is 0 Å². The van der Waals surface area contributed by atoms with Crippen molar-refractivity contribution in [3.63, 3.8) is 0 Å². The van der Waals surface area contributed by atoms with Gasteiger partial charge < -0.3 is 9.84 Å². The third-order valence-electron chi connectivity index (χ3n) is 1.97. The summed E-state index contributed by atoms with van der Waals surface area (Å²) in [5, 5.41) is 9.83. The fraction of sp³-hybridized carbons (Fsp3) is 0. The number of phenols is 1. The van der Waals surface area contributed by atoms with Crippen LogP contribution in [0.25, 0.3) is 0 Å². The zero-order valence-electron chi connectivity index (χ0n) is 8.15. The van der Waals surface area contributed by atoms with Crippen LogP contribution < -0.4 is 4.74 Å². The predicted molar refractivity (Wildman–Crippen MR) is 64.6 cm³/mol. The lowest BCUT2D eigenvalue weighted by Crippen LogP contribution is -1.85. The van der Waals surface area contributed by atoms with Crippen molar-refractivity contribution in [2.24, 2.45) is 0 Å². The van der Waals surface area contributed by atoms with Gasteiger partial charge in [-0.2, -0.15) is 0 Å². The van der Waals surface area contributed by atoms with E-state index in [1.54, 1.807) is 12.1 Å². The quantitative estimate of drug-likeness (QED) is 0.856. The van der Waals surface area contributed by atoms with Crippen molar-refractivity contribution in [2.75, 3.05) is 0 Å². The molecular weight excluding hydrogens is 247 g/mol. The third-order valence-corrected chi connectivity index (χ3v) is 2.57. The van der Waals surface area contributed by atoms with E-state index in [0.717, 1.165) is 0 Å². The van der Waals surface area contributed by atoms with Crippen LogP contribution in [0.4, 0.5) is 0 Å². The van der Waals surface area contributed by atoms with Crippen LogP contribution in [0.1, 0.15) is 0 Å². The number of hydrogen-bond donors (Lipinski definition) is 1. The highest BCUT2D eigenvalue weighted by atomic mass is 35.5. The van der Waals surface area contributed by atoms with Crippen LogP contribution in [0.2, 0.25) is 10.0 Å². The van der Waals surface area contributed by atoms with Gasteiger partial charge in [-0.15, -0.1) is 0 Å². The molecule has 0 atom stereocenters. The SMILES string of the molecule is Oc1cc(Cl)c(Oc2ccccc2)cc1Cl. The molecule has 0 aromatic heterocycles. The summed E-state index contributed by atoms with van der Waals surface area (Å²) in [7, 11) is 0. The third kappa shape index (κ3) is 2.40. The van der Waals surface area contributed by atoms with Crippen molar-refractivity contribution in [1.29, 1.82) is 0 Å². The molecule has 16 heavy (non-hydrogen) atoms. The Kier molecular flexibility index (Phi) is 3.22. The largest absolute Gasteiger partial charge is 0.506 e. The van der Waals surface area contributed by atoms with Gasteiger partial charge in [0.2, 0.25) is 0 Å². The molecule has 0 radical (unpaired) electrons. The zero-order chi connectivity index (χ0) is 11.5. The summed E-state index contributed by atoms with van der Waals surface area (Å²) in [4.78, 5) is 0. The number of benzene rings is 2. The highest BCUT2D eigenvalue weighted by molar-refractivity contribution is 6.35. The van der Waals surface area contributed by atoms with Crippen LogP contribution in [0.3, 0.4) is 0 Å². The van der Waals surface area contributed by atoms with E-state index in [4.69, 9.17) is 27.9 Å². The van der Waals surface area contributed by atoms with Crippen LogP contribution in [0.5, 0.6) is 17.2 Å². The van der Waals surface area contributed by atoms with E-state index in [-0.39, 0.29) is 10.8 Å². The summed E-state index contributed by atoms with van der Waals surface area (Å²) in [6, 6.07) is 12.0. The molecule has 0 heterocycles. The van der Waals surface area contributed by atoms with Crippen LogP contribution in [0, 0.1) is 0 Å². The van der Waals surface area contributed by atoms with Crippen LogP contribution >= 0.6 is 23.2 Å². The summed E-state index contributed by atoms with van der Waals surface area (Å²) in [6.07, 6.45) is 0. The lowest BCUT2D eigenvalue weighted by Gasteiger charge is -2.08. The van der Waals surface area contributed by atoms with Gasteiger partial charge in [0.1, 0.15) is 17.2 Å². The van der Waals surface area contributed by atoms with Crippen molar-refractivity contribution >= 4 is 23.2 Å². The molecule has 2 rings (SSSR count). The predicted octanol–water partition coefficient (Wildman–Crippen LogP) is 4.49. The number of hydrogen-bond acceptors (Lipinski definition) is 2. The first-order valence-corrected chi connectivity index (χ1v) is 5.33. The van der Waals surface area contributed by atoms with Crippen molar-refractivity contribution in [1.82, 2.24) is 0 Å². The Hall–Kier alpha value is -1.38. The van der Waals surface area contributed by atoms with E-state index < -0.39 is 0 Å². The summed E-state index contributed by atoms with van der Waals surface area (Å²) < 4.78 is 5.52. The zero-order valence-corrected chi connectivity index (χ0v) is 9.66. The topological polar surface area (TPSA) is 29.5 Å². The molecule has 0 unspecified atom stereocenters. The molecule has 0 fully saturated rings. The fourth-order valence-electron chi connectivity index (χ4n) is 1.21. The van der Waals surface area contributed by atoms with Gasteiger partial charge in [0.05, 0.1) is 10.0 Å². The van der Waals surface area contributed by atoms with Crippen molar-refractivity contribution in [2.45, 2.75) is 0 Å². The molecule has 82 valence electrons. The van der Waals surface area contributed by atoms with Gasteiger partial charge in [0, 0.05) is 12.1 Å². The molecule has 2 aromatic rings. The van der Waals surface area contributed by atoms with Gasteiger partial charge >= 0.3 is 0 Å². The van der Waals surface area contributed by atoms with Crippen molar-refractivity contribution in [3.05, 3.63) is 52.5 Å². The minimum atomic E-state index is -0.0629. The summed E-state index contributed by atoms with van der Waals surface area (Å²) in [5.74, 6) is 1.01. The van der Waals surface area contributed by atoms with E-state index in [9.17, 15) is 5.11 Å². The molecule has 0 aliphatic carbocycles. The van der Waals surface area contributed by atoms with Gasteiger partial charge in [-0.25, -0.2) is 0 Å². The van der Waals surface area contributed by atoms with Gasteiger partial charge in [-0.05, 0) is 12.1 Å². The van der Waals surface area contributed by atoms with E-state index >= 15 is 0 Å². The maximum atomic E-state index is 9.32. The number of rotatable bonds is 2. The second-order valence-corrected chi connectivity index (χ2v) is 3.96. The van der Waals surface area contributed by atoms with Gasteiger partial charge in [-0.1, -0.05) is 41.4 Å². The first-order chi connectivity index (χ1) is 7.66. The molecule has 0 amide bonds. The molecule has 0 aliphatic heterocycles. The molecule has 2 nitrogen and oxygen atoms in total. The normalized spacial score (nSPS) is 10.1. The Balaban J connectivity index is 2.32. The summed E-state index contributed by atoms with van der Waals surface area (Å²) in [6.45, 7) is 0. The molecule has 1 N–H and O–H groups in total. The fourth-order valence-corrected chi connectivity index (χ4v) is 1.56. The summed E-state index contributed by atoms with van der Waals surface area (Å²) in [5.41, 5.74) is 0. The Bertz CT molecular complexity index is 498. The van der Waals surface area contributed by atoms with E-state index in [0.29, 0.717) is 16.5 Å². The van der Waals surface area contributed by atoms with Gasteiger partial charge in [0.15, 0.2) is 0 Å². The Morgan fingerprint density at radius 2 is 1.62 bits per heavy atom. The lowest BCUT2D eigenvalue weighted by atomic mass is 10.3. The minimum Gasteiger partial charge on any atom is -0.506 e. The number of para-hydroxylation sites is 1. The molecule has 2 aromatic carbocycles. The molecule has 0 saturated carbocycles. The number of halogens is 2. The minimum absolute atomic E-state index is 0.0629. The van der Waals surface area contributed by atoms with Crippen molar-refractivity contribution in [3.8, 4) is 17.2 Å². The highest BCUT2D eigenvalue weighted by Gasteiger charge is 2.08. The van der Waals surface area contributed by atoms with E-state index in [1.165, 1.54) is 12.1 Å². The van der Waals surface area contributed by atoms with Crippen LogP contribution in [-0.2, 0) is 0 Å². The Labute approximate surface area is 103 Å². The van der Waals surface area contributed by atoms with Gasteiger partial charge in [0.25, 0.3) is 0 Å². The number of phenolic OH excluding ortho intramolecular Hbond substituents is 1. The van der Waals surface area contributed by atoms with Gasteiger partial charge in [-0.3, -0.25) is 0 Å². The maximum Gasteiger partial charge on any atom is 0.147 e. The molecule has 0 saturated heterocycles. The van der Waals surface area contributed by atoms with Crippen molar-refractivity contribution < 1.29 is 9.84 Å².